The van der Waals surface area contributed by atoms with E-state index in [1.165, 1.54) is 22.3 Å². The maximum Gasteiger partial charge on any atom is 0.191 e. The van der Waals surface area contributed by atoms with E-state index in [1.54, 1.807) is 6.20 Å². The van der Waals surface area contributed by atoms with Crippen molar-refractivity contribution in [2.45, 2.75) is 33.5 Å². The van der Waals surface area contributed by atoms with Gasteiger partial charge in [-0.1, -0.05) is 54.1 Å². The number of aliphatic imine (C=N–C) groups is 1. The lowest BCUT2D eigenvalue weighted by Crippen LogP contribution is -2.36. The molecule has 0 bridgehead atoms. The SMILES string of the molecule is CCNC(=NCc1cccc(C)c1)NCc1cccc(Cn2cccn2)c1. The average Bonchev–Trinajstić information content (AvgIpc) is 3.17. The van der Waals surface area contributed by atoms with Crippen molar-refractivity contribution in [3.8, 4) is 0 Å². The zero-order chi connectivity index (χ0) is 18.9. The number of aryl methyl sites for hydroxylation is 1. The zero-order valence-electron chi connectivity index (χ0n) is 16.0. The molecule has 2 aromatic carbocycles. The van der Waals surface area contributed by atoms with Crippen molar-refractivity contribution in [2.24, 2.45) is 4.99 Å². The van der Waals surface area contributed by atoms with Gasteiger partial charge in [0.15, 0.2) is 5.96 Å². The molecule has 0 unspecified atom stereocenters. The molecule has 0 fully saturated rings. The Bertz CT molecular complexity index is 868. The van der Waals surface area contributed by atoms with E-state index in [-0.39, 0.29) is 0 Å². The second-order valence-electron chi connectivity index (χ2n) is 6.56. The van der Waals surface area contributed by atoms with Crippen molar-refractivity contribution in [1.29, 1.82) is 0 Å². The van der Waals surface area contributed by atoms with Gasteiger partial charge in [0.1, 0.15) is 0 Å². The molecular weight excluding hydrogens is 334 g/mol. The lowest BCUT2D eigenvalue weighted by Gasteiger charge is -2.12. The minimum absolute atomic E-state index is 0.663. The third-order valence-electron chi connectivity index (χ3n) is 4.20. The van der Waals surface area contributed by atoms with Crippen LogP contribution in [0, 0.1) is 6.92 Å². The van der Waals surface area contributed by atoms with Crippen LogP contribution in [-0.4, -0.2) is 22.3 Å². The Balaban J connectivity index is 1.61. The molecular formula is C22H27N5. The lowest BCUT2D eigenvalue weighted by molar-refractivity contribution is 0.685. The largest absolute Gasteiger partial charge is 0.357 e. The van der Waals surface area contributed by atoms with Gasteiger partial charge in [0.2, 0.25) is 0 Å². The summed E-state index contributed by atoms with van der Waals surface area (Å²) in [6, 6.07) is 19.0. The van der Waals surface area contributed by atoms with Crippen LogP contribution in [0.5, 0.6) is 0 Å². The number of aromatic nitrogens is 2. The Hall–Kier alpha value is -3.08. The van der Waals surface area contributed by atoms with Crippen LogP contribution in [0.4, 0.5) is 0 Å². The molecule has 0 saturated carbocycles. The Labute approximate surface area is 161 Å². The van der Waals surface area contributed by atoms with Gasteiger partial charge in [-0.15, -0.1) is 0 Å². The van der Waals surface area contributed by atoms with Crippen LogP contribution in [0.3, 0.4) is 0 Å². The Kier molecular flexibility index (Phi) is 6.63. The average molecular weight is 361 g/mol. The van der Waals surface area contributed by atoms with Gasteiger partial charge in [-0.25, -0.2) is 4.99 Å². The van der Waals surface area contributed by atoms with Crippen LogP contribution in [0.15, 0.2) is 72.0 Å². The summed E-state index contributed by atoms with van der Waals surface area (Å²) in [6.07, 6.45) is 3.78. The Morgan fingerprint density at radius 2 is 1.81 bits per heavy atom. The first-order valence-electron chi connectivity index (χ1n) is 9.36. The molecule has 0 aliphatic rings. The molecule has 0 aliphatic heterocycles. The molecule has 0 spiro atoms. The molecule has 0 amide bonds. The number of hydrogen-bond donors (Lipinski definition) is 2. The number of nitrogens with one attached hydrogen (secondary N) is 2. The highest BCUT2D eigenvalue weighted by molar-refractivity contribution is 5.79. The number of hydrogen-bond acceptors (Lipinski definition) is 2. The number of rotatable bonds is 7. The molecule has 1 heterocycles. The summed E-state index contributed by atoms with van der Waals surface area (Å²) >= 11 is 0. The lowest BCUT2D eigenvalue weighted by atomic mass is 10.1. The minimum atomic E-state index is 0.663. The van der Waals surface area contributed by atoms with Gasteiger partial charge in [-0.2, -0.15) is 5.10 Å². The molecule has 0 radical (unpaired) electrons. The van der Waals surface area contributed by atoms with Crippen molar-refractivity contribution in [3.05, 3.63) is 89.2 Å². The molecule has 5 nitrogen and oxygen atoms in total. The van der Waals surface area contributed by atoms with Gasteiger partial charge in [-0.05, 0) is 36.6 Å². The fraction of sp³-hybridized carbons (Fsp3) is 0.273. The predicted molar refractivity (Wildman–Crippen MR) is 111 cm³/mol. The summed E-state index contributed by atoms with van der Waals surface area (Å²) in [7, 11) is 0. The van der Waals surface area contributed by atoms with Crippen molar-refractivity contribution < 1.29 is 0 Å². The molecule has 27 heavy (non-hydrogen) atoms. The first kappa shape index (κ1) is 18.7. The monoisotopic (exact) mass is 361 g/mol. The van der Waals surface area contributed by atoms with Crippen LogP contribution in [0.2, 0.25) is 0 Å². The summed E-state index contributed by atoms with van der Waals surface area (Å²) < 4.78 is 1.93. The molecule has 5 heteroatoms. The van der Waals surface area contributed by atoms with E-state index in [0.29, 0.717) is 6.54 Å². The van der Waals surface area contributed by atoms with Crippen LogP contribution in [0.1, 0.15) is 29.2 Å². The molecule has 2 N–H and O–H groups in total. The second-order valence-corrected chi connectivity index (χ2v) is 6.56. The van der Waals surface area contributed by atoms with Crippen LogP contribution in [-0.2, 0) is 19.6 Å². The smallest absolute Gasteiger partial charge is 0.191 e. The van der Waals surface area contributed by atoms with E-state index in [9.17, 15) is 0 Å². The summed E-state index contributed by atoms with van der Waals surface area (Å²) in [5.74, 6) is 0.830. The van der Waals surface area contributed by atoms with Crippen LogP contribution >= 0.6 is 0 Å². The first-order chi connectivity index (χ1) is 13.2. The standard InChI is InChI=1S/C22H27N5/c1-3-23-22(24-15-19-8-4-7-18(2)13-19)25-16-20-9-5-10-21(14-20)17-27-12-6-11-26-27/h4-14H,3,15-17H2,1-2H3,(H2,23,24,25). The van der Waals surface area contributed by atoms with Crippen LogP contribution in [0.25, 0.3) is 0 Å². The Morgan fingerprint density at radius 3 is 2.59 bits per heavy atom. The highest BCUT2D eigenvalue weighted by Gasteiger charge is 2.01. The summed E-state index contributed by atoms with van der Waals surface area (Å²) in [5.41, 5.74) is 4.93. The topological polar surface area (TPSA) is 54.2 Å². The van der Waals surface area contributed by atoms with Crippen molar-refractivity contribution in [2.75, 3.05) is 6.54 Å². The highest BCUT2D eigenvalue weighted by Crippen LogP contribution is 2.08. The highest BCUT2D eigenvalue weighted by atomic mass is 15.3. The molecule has 0 aliphatic carbocycles. The van der Waals surface area contributed by atoms with Gasteiger partial charge >= 0.3 is 0 Å². The van der Waals surface area contributed by atoms with Gasteiger partial charge in [0.05, 0.1) is 13.1 Å². The summed E-state index contributed by atoms with van der Waals surface area (Å²) in [5, 5.41) is 11.0. The third kappa shape index (κ3) is 5.99. The molecule has 3 aromatic rings. The molecule has 1 aromatic heterocycles. The predicted octanol–water partition coefficient (Wildman–Crippen LogP) is 3.50. The van der Waals surface area contributed by atoms with E-state index in [0.717, 1.165) is 25.6 Å². The number of benzene rings is 2. The summed E-state index contributed by atoms with van der Waals surface area (Å²) in [6.45, 7) is 7.19. The number of guanidine groups is 1. The fourth-order valence-electron chi connectivity index (χ4n) is 2.93. The first-order valence-corrected chi connectivity index (χ1v) is 9.36. The summed E-state index contributed by atoms with van der Waals surface area (Å²) in [4.78, 5) is 4.70. The van der Waals surface area contributed by atoms with Crippen molar-refractivity contribution in [1.82, 2.24) is 20.4 Å². The molecule has 140 valence electrons. The minimum Gasteiger partial charge on any atom is -0.357 e. The second kappa shape index (κ2) is 9.57. The Morgan fingerprint density at radius 1 is 1.00 bits per heavy atom. The van der Waals surface area contributed by atoms with E-state index >= 15 is 0 Å². The zero-order valence-corrected chi connectivity index (χ0v) is 16.0. The van der Waals surface area contributed by atoms with E-state index in [4.69, 9.17) is 4.99 Å². The fourth-order valence-corrected chi connectivity index (χ4v) is 2.93. The van der Waals surface area contributed by atoms with Gasteiger partial charge in [0.25, 0.3) is 0 Å². The van der Waals surface area contributed by atoms with Gasteiger partial charge in [0, 0.05) is 25.5 Å². The van der Waals surface area contributed by atoms with E-state index in [2.05, 4.69) is 78.1 Å². The molecule has 0 atom stereocenters. The quantitative estimate of drug-likeness (QED) is 0.500. The number of nitrogens with zero attached hydrogens (tertiary/aromatic N) is 3. The third-order valence-corrected chi connectivity index (χ3v) is 4.20. The van der Waals surface area contributed by atoms with E-state index < -0.39 is 0 Å². The molecule has 0 saturated heterocycles. The normalized spacial score (nSPS) is 11.4. The van der Waals surface area contributed by atoms with Gasteiger partial charge < -0.3 is 10.6 Å². The van der Waals surface area contributed by atoms with Crippen molar-refractivity contribution >= 4 is 5.96 Å². The molecule has 3 rings (SSSR count). The maximum absolute atomic E-state index is 4.70. The maximum atomic E-state index is 4.70. The van der Waals surface area contributed by atoms with Gasteiger partial charge in [-0.3, -0.25) is 4.68 Å². The van der Waals surface area contributed by atoms with E-state index in [1.807, 2.05) is 16.9 Å². The van der Waals surface area contributed by atoms with Crippen LogP contribution < -0.4 is 10.6 Å². The van der Waals surface area contributed by atoms with Crippen molar-refractivity contribution in [3.63, 3.8) is 0 Å².